The molecular weight excluding hydrogens is 250 g/mol. The van der Waals surface area contributed by atoms with Crippen molar-refractivity contribution in [2.24, 2.45) is 12.8 Å². The molecule has 1 aromatic heterocycles. The number of nitrogens with zero attached hydrogens (tertiary/aromatic N) is 2. The Morgan fingerprint density at radius 3 is 2.33 bits per heavy atom. The Hall–Kier alpha value is -1.66. The van der Waals surface area contributed by atoms with Gasteiger partial charge in [0.2, 0.25) is 0 Å². The van der Waals surface area contributed by atoms with E-state index in [2.05, 4.69) is 5.10 Å². The van der Waals surface area contributed by atoms with Gasteiger partial charge in [0.05, 0.1) is 16.3 Å². The molecule has 0 unspecified atom stereocenters. The summed E-state index contributed by atoms with van der Waals surface area (Å²) in [6.45, 7) is 0.384. The second kappa shape index (κ2) is 4.55. The summed E-state index contributed by atoms with van der Waals surface area (Å²) in [5.74, 6) is 0. The minimum absolute atomic E-state index is 0.312. The van der Waals surface area contributed by atoms with E-state index in [1.54, 1.807) is 28.9 Å². The Morgan fingerprint density at radius 2 is 1.89 bits per heavy atom. The summed E-state index contributed by atoms with van der Waals surface area (Å²) in [5, 5.41) is 4.25. The Labute approximate surface area is 106 Å². The van der Waals surface area contributed by atoms with Gasteiger partial charge in [-0.1, -0.05) is 12.1 Å². The quantitative estimate of drug-likeness (QED) is 0.896. The Bertz CT molecular complexity index is 657. The van der Waals surface area contributed by atoms with Crippen molar-refractivity contribution in [3.63, 3.8) is 0 Å². The van der Waals surface area contributed by atoms with Crippen molar-refractivity contribution >= 4 is 9.84 Å². The second-order valence-electron chi connectivity index (χ2n) is 4.15. The largest absolute Gasteiger partial charge is 0.325 e. The summed E-state index contributed by atoms with van der Waals surface area (Å²) in [6.07, 6.45) is 1.19. The van der Waals surface area contributed by atoms with E-state index >= 15 is 0 Å². The lowest BCUT2D eigenvalue weighted by molar-refractivity contribution is 0.602. The Morgan fingerprint density at radius 1 is 1.28 bits per heavy atom. The number of hydrogen-bond donors (Lipinski definition) is 1. The van der Waals surface area contributed by atoms with Crippen molar-refractivity contribution in [2.45, 2.75) is 11.4 Å². The van der Waals surface area contributed by atoms with Crippen LogP contribution in [0.4, 0.5) is 0 Å². The minimum atomic E-state index is -3.15. The summed E-state index contributed by atoms with van der Waals surface area (Å²) in [4.78, 5) is 0.312. The fourth-order valence-electron chi connectivity index (χ4n) is 1.77. The van der Waals surface area contributed by atoms with Gasteiger partial charge in [-0.25, -0.2) is 8.42 Å². The van der Waals surface area contributed by atoms with Crippen LogP contribution in [-0.4, -0.2) is 24.5 Å². The van der Waals surface area contributed by atoms with Gasteiger partial charge < -0.3 is 5.73 Å². The maximum absolute atomic E-state index is 11.4. The maximum atomic E-state index is 11.4. The zero-order valence-corrected chi connectivity index (χ0v) is 11.1. The van der Waals surface area contributed by atoms with Crippen molar-refractivity contribution in [1.82, 2.24) is 9.78 Å². The van der Waals surface area contributed by atoms with Crippen LogP contribution in [-0.2, 0) is 23.4 Å². The van der Waals surface area contributed by atoms with E-state index in [9.17, 15) is 8.42 Å². The van der Waals surface area contributed by atoms with Crippen molar-refractivity contribution in [2.75, 3.05) is 6.26 Å². The normalized spacial score (nSPS) is 11.7. The van der Waals surface area contributed by atoms with E-state index in [4.69, 9.17) is 5.73 Å². The smallest absolute Gasteiger partial charge is 0.175 e. The van der Waals surface area contributed by atoms with Crippen LogP contribution in [0.2, 0.25) is 0 Å². The van der Waals surface area contributed by atoms with E-state index in [0.717, 1.165) is 17.0 Å². The highest BCUT2D eigenvalue weighted by Crippen LogP contribution is 2.21. The Balaban J connectivity index is 2.43. The summed E-state index contributed by atoms with van der Waals surface area (Å²) < 4.78 is 24.5. The zero-order valence-electron chi connectivity index (χ0n) is 10.3. The molecule has 0 radical (unpaired) electrons. The Kier molecular flexibility index (Phi) is 3.23. The lowest BCUT2D eigenvalue weighted by Crippen LogP contribution is -1.99. The van der Waals surface area contributed by atoms with Gasteiger partial charge in [0.15, 0.2) is 9.84 Å². The van der Waals surface area contributed by atoms with Gasteiger partial charge in [0, 0.05) is 19.8 Å². The standard InChI is InChI=1S/C12H15N3O2S/c1-15-12(7-10(8-13)14-15)9-3-5-11(6-4-9)18(2,16)17/h3-7H,8,13H2,1-2H3. The van der Waals surface area contributed by atoms with E-state index in [1.165, 1.54) is 6.26 Å². The molecule has 18 heavy (non-hydrogen) atoms. The third-order valence-corrected chi connectivity index (χ3v) is 3.85. The maximum Gasteiger partial charge on any atom is 0.175 e. The minimum Gasteiger partial charge on any atom is -0.325 e. The average Bonchev–Trinajstić information content (AvgIpc) is 2.70. The number of sulfone groups is 1. The number of nitrogens with two attached hydrogens (primary N) is 1. The van der Waals surface area contributed by atoms with Gasteiger partial charge in [-0.05, 0) is 23.8 Å². The fraction of sp³-hybridized carbons (Fsp3) is 0.250. The van der Waals surface area contributed by atoms with Gasteiger partial charge in [-0.2, -0.15) is 5.10 Å². The van der Waals surface area contributed by atoms with E-state index < -0.39 is 9.84 Å². The average molecular weight is 265 g/mol. The summed E-state index contributed by atoms with van der Waals surface area (Å²) in [6, 6.07) is 8.64. The predicted molar refractivity (Wildman–Crippen MR) is 69.6 cm³/mol. The molecule has 2 aromatic rings. The molecule has 0 amide bonds. The van der Waals surface area contributed by atoms with Gasteiger partial charge in [-0.15, -0.1) is 0 Å². The molecule has 5 nitrogen and oxygen atoms in total. The van der Waals surface area contributed by atoms with Crippen LogP contribution in [0.25, 0.3) is 11.3 Å². The molecule has 0 aliphatic carbocycles. The van der Waals surface area contributed by atoms with Crippen LogP contribution in [0, 0.1) is 0 Å². The highest BCUT2D eigenvalue weighted by Gasteiger charge is 2.09. The van der Waals surface area contributed by atoms with Crippen molar-refractivity contribution < 1.29 is 8.42 Å². The van der Waals surface area contributed by atoms with Gasteiger partial charge >= 0.3 is 0 Å². The molecule has 0 atom stereocenters. The SMILES string of the molecule is Cn1nc(CN)cc1-c1ccc(S(C)(=O)=O)cc1. The van der Waals surface area contributed by atoms with Crippen molar-refractivity contribution in [1.29, 1.82) is 0 Å². The third-order valence-electron chi connectivity index (χ3n) is 2.72. The molecule has 6 heteroatoms. The molecule has 0 spiro atoms. The number of benzene rings is 1. The first kappa shape index (κ1) is 12.8. The molecule has 0 saturated heterocycles. The van der Waals surface area contributed by atoms with Gasteiger partial charge in [0.25, 0.3) is 0 Å². The second-order valence-corrected chi connectivity index (χ2v) is 6.16. The fourth-order valence-corrected chi connectivity index (χ4v) is 2.40. The van der Waals surface area contributed by atoms with E-state index in [1.807, 2.05) is 13.1 Å². The number of rotatable bonds is 3. The first-order valence-corrected chi connectivity index (χ1v) is 7.34. The third kappa shape index (κ3) is 2.44. The van der Waals surface area contributed by atoms with Crippen LogP contribution >= 0.6 is 0 Å². The van der Waals surface area contributed by atoms with Gasteiger partial charge in [0.1, 0.15) is 0 Å². The van der Waals surface area contributed by atoms with Crippen molar-refractivity contribution in [3.05, 3.63) is 36.0 Å². The molecule has 1 aromatic carbocycles. The molecule has 2 rings (SSSR count). The summed E-state index contributed by atoms with van der Waals surface area (Å²) >= 11 is 0. The molecule has 0 fully saturated rings. The predicted octanol–water partition coefficient (Wildman–Crippen LogP) is 0.949. The monoisotopic (exact) mass is 265 g/mol. The molecule has 0 saturated carbocycles. The summed E-state index contributed by atoms with van der Waals surface area (Å²) in [7, 11) is -1.32. The van der Waals surface area contributed by atoms with Crippen LogP contribution in [0.3, 0.4) is 0 Å². The van der Waals surface area contributed by atoms with E-state index in [0.29, 0.717) is 11.4 Å². The molecule has 0 bridgehead atoms. The molecule has 2 N–H and O–H groups in total. The first-order chi connectivity index (χ1) is 8.41. The van der Waals surface area contributed by atoms with Gasteiger partial charge in [-0.3, -0.25) is 4.68 Å². The molecule has 1 heterocycles. The molecule has 96 valence electrons. The highest BCUT2D eigenvalue weighted by atomic mass is 32.2. The first-order valence-electron chi connectivity index (χ1n) is 5.45. The van der Waals surface area contributed by atoms with Crippen LogP contribution in [0.1, 0.15) is 5.69 Å². The highest BCUT2D eigenvalue weighted by molar-refractivity contribution is 7.90. The number of aromatic nitrogens is 2. The molecule has 0 aliphatic rings. The number of aryl methyl sites for hydroxylation is 1. The lowest BCUT2D eigenvalue weighted by Gasteiger charge is -2.03. The van der Waals surface area contributed by atoms with Crippen LogP contribution < -0.4 is 5.73 Å². The van der Waals surface area contributed by atoms with Crippen LogP contribution in [0.15, 0.2) is 35.2 Å². The van der Waals surface area contributed by atoms with Crippen LogP contribution in [0.5, 0.6) is 0 Å². The molecule has 0 aliphatic heterocycles. The summed E-state index contributed by atoms with van der Waals surface area (Å²) in [5.41, 5.74) is 8.17. The van der Waals surface area contributed by atoms with Crippen molar-refractivity contribution in [3.8, 4) is 11.3 Å². The van der Waals surface area contributed by atoms with E-state index in [-0.39, 0.29) is 0 Å². The number of hydrogen-bond acceptors (Lipinski definition) is 4. The topological polar surface area (TPSA) is 78.0 Å². The zero-order chi connectivity index (χ0) is 13.3. The lowest BCUT2D eigenvalue weighted by atomic mass is 10.1. The molecular formula is C12H15N3O2S.